The molecular formula is C23H33N. The van der Waals surface area contributed by atoms with Crippen LogP contribution < -0.4 is 0 Å². The van der Waals surface area contributed by atoms with E-state index in [9.17, 15) is 0 Å². The van der Waals surface area contributed by atoms with Crippen molar-refractivity contribution in [1.29, 1.82) is 0 Å². The molecule has 0 aliphatic heterocycles. The molecule has 2 rings (SSSR count). The van der Waals surface area contributed by atoms with E-state index < -0.39 is 0 Å². The van der Waals surface area contributed by atoms with Crippen LogP contribution in [0.25, 0.3) is 0 Å². The van der Waals surface area contributed by atoms with Crippen molar-refractivity contribution in [2.75, 3.05) is 0 Å². The second-order valence-corrected chi connectivity index (χ2v) is 7.87. The molecule has 0 saturated carbocycles. The Morgan fingerprint density at radius 1 is 0.708 bits per heavy atom. The zero-order valence-electron chi connectivity index (χ0n) is 16.2. The Balaban J connectivity index is 1.99. The summed E-state index contributed by atoms with van der Waals surface area (Å²) >= 11 is 0. The van der Waals surface area contributed by atoms with Crippen LogP contribution in [0.5, 0.6) is 0 Å². The lowest BCUT2D eigenvalue weighted by atomic mass is 9.88. The van der Waals surface area contributed by atoms with Crippen molar-refractivity contribution in [3.63, 3.8) is 0 Å². The Bertz CT molecular complexity index is 584. The van der Waals surface area contributed by atoms with E-state index in [1.165, 1.54) is 35.2 Å². The highest BCUT2D eigenvalue weighted by molar-refractivity contribution is 5.28. The first-order chi connectivity index (χ1) is 11.4. The monoisotopic (exact) mass is 323 g/mol. The number of benzene rings is 1. The minimum Gasteiger partial charge on any atom is -0.261 e. The van der Waals surface area contributed by atoms with Gasteiger partial charge in [0.25, 0.3) is 0 Å². The van der Waals surface area contributed by atoms with Gasteiger partial charge in [0.05, 0.1) is 0 Å². The summed E-state index contributed by atoms with van der Waals surface area (Å²) in [6.45, 7) is 13.7. The van der Waals surface area contributed by atoms with Crippen LogP contribution in [0, 0.1) is 0 Å². The lowest BCUT2D eigenvalue weighted by molar-refractivity contribution is 0.564. The second kappa shape index (κ2) is 8.46. The Labute approximate surface area is 148 Å². The number of nitrogens with zero attached hydrogens (tertiary/aromatic N) is 1. The van der Waals surface area contributed by atoms with Crippen molar-refractivity contribution in [1.82, 2.24) is 4.98 Å². The van der Waals surface area contributed by atoms with Gasteiger partial charge in [-0.15, -0.1) is 0 Å². The van der Waals surface area contributed by atoms with Gasteiger partial charge in [0.2, 0.25) is 0 Å². The third kappa shape index (κ3) is 4.93. The topological polar surface area (TPSA) is 12.9 Å². The van der Waals surface area contributed by atoms with Crippen LogP contribution in [-0.4, -0.2) is 4.98 Å². The fourth-order valence-electron chi connectivity index (χ4n) is 3.13. The van der Waals surface area contributed by atoms with Gasteiger partial charge >= 0.3 is 0 Å². The summed E-state index contributed by atoms with van der Waals surface area (Å²) in [5.41, 5.74) is 5.55. The largest absolute Gasteiger partial charge is 0.261 e. The first-order valence-electron chi connectivity index (χ1n) is 9.44. The summed E-state index contributed by atoms with van der Waals surface area (Å²) in [5.74, 6) is 2.27. The highest BCUT2D eigenvalue weighted by Gasteiger charge is 2.13. The van der Waals surface area contributed by atoms with E-state index in [0.29, 0.717) is 23.7 Å². The van der Waals surface area contributed by atoms with E-state index in [0.717, 1.165) is 0 Å². The highest BCUT2D eigenvalue weighted by atomic mass is 14.7. The number of hydrogen-bond acceptors (Lipinski definition) is 1. The lowest BCUT2D eigenvalue weighted by Crippen LogP contribution is -2.02. The third-order valence-corrected chi connectivity index (χ3v) is 5.16. The predicted octanol–water partition coefficient (Wildman–Crippen LogP) is 7.02. The molecule has 24 heavy (non-hydrogen) atoms. The van der Waals surface area contributed by atoms with Gasteiger partial charge in [-0.3, -0.25) is 4.98 Å². The smallest absolute Gasteiger partial charge is 0.0434 e. The number of rotatable bonds is 7. The van der Waals surface area contributed by atoms with Gasteiger partial charge < -0.3 is 0 Å². The van der Waals surface area contributed by atoms with Crippen LogP contribution in [0.3, 0.4) is 0 Å². The molecule has 2 aromatic rings. The molecule has 0 amide bonds. The van der Waals surface area contributed by atoms with Crippen molar-refractivity contribution in [3.05, 3.63) is 65.0 Å². The minimum atomic E-state index is 0.513. The third-order valence-electron chi connectivity index (χ3n) is 5.16. The first kappa shape index (κ1) is 18.7. The van der Waals surface area contributed by atoms with Crippen molar-refractivity contribution in [3.8, 4) is 0 Å². The predicted molar refractivity (Wildman–Crippen MR) is 105 cm³/mol. The fourth-order valence-corrected chi connectivity index (χ4v) is 3.13. The van der Waals surface area contributed by atoms with Gasteiger partial charge in [0.1, 0.15) is 0 Å². The Morgan fingerprint density at radius 3 is 1.96 bits per heavy atom. The van der Waals surface area contributed by atoms with E-state index in [4.69, 9.17) is 0 Å². The maximum atomic E-state index is 4.61. The molecule has 0 fully saturated rings. The lowest BCUT2D eigenvalue weighted by Gasteiger charge is -2.18. The summed E-state index contributed by atoms with van der Waals surface area (Å²) < 4.78 is 0. The molecule has 0 radical (unpaired) electrons. The maximum absolute atomic E-state index is 4.61. The molecular weight excluding hydrogens is 290 g/mol. The summed E-state index contributed by atoms with van der Waals surface area (Å²) in [6, 6.07) is 13.5. The van der Waals surface area contributed by atoms with Gasteiger partial charge in [0, 0.05) is 11.9 Å². The highest BCUT2D eigenvalue weighted by Crippen LogP contribution is 2.29. The molecule has 0 saturated heterocycles. The summed E-state index contributed by atoms with van der Waals surface area (Å²) in [4.78, 5) is 4.61. The van der Waals surface area contributed by atoms with Crippen LogP contribution in [0.4, 0.5) is 0 Å². The number of pyridine rings is 1. The van der Waals surface area contributed by atoms with Crippen molar-refractivity contribution < 1.29 is 0 Å². The quantitative estimate of drug-likeness (QED) is 0.533. The maximum Gasteiger partial charge on any atom is 0.0434 e. The average Bonchev–Trinajstić information content (AvgIpc) is 2.59. The van der Waals surface area contributed by atoms with Crippen molar-refractivity contribution >= 4 is 0 Å². The molecule has 0 spiro atoms. The van der Waals surface area contributed by atoms with E-state index in [2.05, 4.69) is 82.9 Å². The van der Waals surface area contributed by atoms with E-state index in [1.54, 1.807) is 0 Å². The summed E-state index contributed by atoms with van der Waals surface area (Å²) in [5, 5.41) is 0. The molecule has 0 aliphatic carbocycles. The van der Waals surface area contributed by atoms with E-state index >= 15 is 0 Å². The number of hydrogen-bond donors (Lipinski definition) is 0. The molecule has 0 bridgehead atoms. The van der Waals surface area contributed by atoms with E-state index in [1.807, 2.05) is 6.20 Å². The Hall–Kier alpha value is -1.63. The molecule has 1 heteroatoms. The van der Waals surface area contributed by atoms with Crippen LogP contribution in [0.2, 0.25) is 0 Å². The van der Waals surface area contributed by atoms with Gasteiger partial charge in [-0.05, 0) is 65.3 Å². The van der Waals surface area contributed by atoms with Gasteiger partial charge in [-0.1, -0.05) is 65.8 Å². The normalized spacial score (nSPS) is 14.2. The Morgan fingerprint density at radius 2 is 1.29 bits per heavy atom. The molecule has 2 unspecified atom stereocenters. The van der Waals surface area contributed by atoms with Gasteiger partial charge in [-0.2, -0.15) is 0 Å². The summed E-state index contributed by atoms with van der Waals surface area (Å²) in [7, 11) is 0. The van der Waals surface area contributed by atoms with Crippen LogP contribution >= 0.6 is 0 Å². The standard InChI is InChI=1S/C23H33N/c1-16(2)20-8-7-9-22(14-20)18(5)10-11-19(6)23-15-21(17(3)4)12-13-24-23/h7-9,12-19H,10-11H2,1-6H3. The van der Waals surface area contributed by atoms with Crippen LogP contribution in [-0.2, 0) is 0 Å². The molecule has 0 N–H and O–H groups in total. The van der Waals surface area contributed by atoms with Gasteiger partial charge in [0.15, 0.2) is 0 Å². The molecule has 1 nitrogen and oxygen atoms in total. The van der Waals surface area contributed by atoms with Crippen LogP contribution in [0.15, 0.2) is 42.6 Å². The van der Waals surface area contributed by atoms with Crippen molar-refractivity contribution in [2.45, 2.75) is 78.1 Å². The summed E-state index contributed by atoms with van der Waals surface area (Å²) in [6.07, 6.45) is 4.36. The Kier molecular flexibility index (Phi) is 6.60. The zero-order valence-corrected chi connectivity index (χ0v) is 16.2. The van der Waals surface area contributed by atoms with E-state index in [-0.39, 0.29) is 0 Å². The molecule has 1 aromatic carbocycles. The molecule has 1 heterocycles. The number of aromatic nitrogens is 1. The molecule has 0 aliphatic rings. The van der Waals surface area contributed by atoms with Gasteiger partial charge in [-0.25, -0.2) is 0 Å². The minimum absolute atomic E-state index is 0.513. The molecule has 2 atom stereocenters. The molecule has 130 valence electrons. The van der Waals surface area contributed by atoms with Crippen LogP contribution in [0.1, 0.15) is 100 Å². The first-order valence-corrected chi connectivity index (χ1v) is 9.44. The zero-order chi connectivity index (χ0) is 17.7. The SMILES string of the molecule is CC(C)c1cccc(C(C)CCC(C)c2cc(C(C)C)ccn2)c1. The second-order valence-electron chi connectivity index (χ2n) is 7.87. The average molecular weight is 324 g/mol. The van der Waals surface area contributed by atoms with Crippen molar-refractivity contribution in [2.24, 2.45) is 0 Å². The molecule has 1 aromatic heterocycles. The fraction of sp³-hybridized carbons (Fsp3) is 0.522.